The molecular formula is C16H14ClFN2. The van der Waals surface area contributed by atoms with E-state index >= 15 is 0 Å². The van der Waals surface area contributed by atoms with E-state index in [0.717, 1.165) is 5.69 Å². The molecule has 0 radical (unpaired) electrons. The van der Waals surface area contributed by atoms with Crippen LogP contribution in [0.15, 0.2) is 42.5 Å². The van der Waals surface area contributed by atoms with Gasteiger partial charge in [0.25, 0.3) is 0 Å². The van der Waals surface area contributed by atoms with Crippen molar-refractivity contribution in [2.45, 2.75) is 19.4 Å². The number of nitrogens with one attached hydrogen (secondary N) is 1. The van der Waals surface area contributed by atoms with Crippen LogP contribution in [0.5, 0.6) is 0 Å². The molecule has 0 aliphatic rings. The molecule has 2 aromatic rings. The van der Waals surface area contributed by atoms with E-state index < -0.39 is 0 Å². The maximum Gasteiger partial charge on any atom is 0.126 e. The molecule has 20 heavy (non-hydrogen) atoms. The smallest absolute Gasteiger partial charge is 0.126 e. The number of hydrogen-bond acceptors (Lipinski definition) is 2. The lowest BCUT2D eigenvalue weighted by Crippen LogP contribution is -2.18. The minimum Gasteiger partial charge on any atom is -0.382 e. The second-order valence-corrected chi connectivity index (χ2v) is 5.05. The zero-order chi connectivity index (χ0) is 14.5. The van der Waals surface area contributed by atoms with Gasteiger partial charge in [0.2, 0.25) is 0 Å². The molecule has 0 amide bonds. The number of hydrogen-bond donors (Lipinski definition) is 1. The maximum atomic E-state index is 13.6. The van der Waals surface area contributed by atoms with E-state index in [4.69, 9.17) is 16.9 Å². The molecule has 0 aromatic heterocycles. The maximum absolute atomic E-state index is 13.6. The van der Waals surface area contributed by atoms with Crippen LogP contribution < -0.4 is 5.32 Å². The molecule has 0 heterocycles. The molecule has 2 aromatic carbocycles. The first kappa shape index (κ1) is 14.4. The van der Waals surface area contributed by atoms with Crippen molar-refractivity contribution in [3.8, 4) is 6.07 Å². The van der Waals surface area contributed by atoms with E-state index in [1.807, 2.05) is 19.1 Å². The van der Waals surface area contributed by atoms with Crippen molar-refractivity contribution in [1.82, 2.24) is 0 Å². The number of nitriles is 1. The third-order valence-electron chi connectivity index (χ3n) is 2.99. The van der Waals surface area contributed by atoms with Crippen molar-refractivity contribution in [3.63, 3.8) is 0 Å². The van der Waals surface area contributed by atoms with Crippen LogP contribution in [0, 0.1) is 17.1 Å². The summed E-state index contributed by atoms with van der Waals surface area (Å²) in [5.41, 5.74) is 1.93. The van der Waals surface area contributed by atoms with Crippen LogP contribution in [-0.2, 0) is 6.42 Å². The topological polar surface area (TPSA) is 35.8 Å². The Balaban J connectivity index is 2.05. The van der Waals surface area contributed by atoms with Crippen LogP contribution in [0.3, 0.4) is 0 Å². The fourth-order valence-electron chi connectivity index (χ4n) is 2.02. The first-order valence-corrected chi connectivity index (χ1v) is 6.67. The quantitative estimate of drug-likeness (QED) is 0.905. The lowest BCUT2D eigenvalue weighted by molar-refractivity contribution is 0.601. The minimum absolute atomic E-state index is 0.0518. The average Bonchev–Trinajstić information content (AvgIpc) is 2.41. The summed E-state index contributed by atoms with van der Waals surface area (Å²) < 4.78 is 13.6. The van der Waals surface area contributed by atoms with Crippen molar-refractivity contribution < 1.29 is 4.39 Å². The molecule has 1 N–H and O–H groups in total. The predicted octanol–water partition coefficient (Wildman–Crippen LogP) is 4.39. The van der Waals surface area contributed by atoms with Crippen LogP contribution in [0.4, 0.5) is 10.1 Å². The van der Waals surface area contributed by atoms with Crippen LogP contribution in [0.1, 0.15) is 18.1 Å². The highest BCUT2D eigenvalue weighted by atomic mass is 35.5. The number of nitrogens with zero attached hydrogens (tertiary/aromatic N) is 1. The van der Waals surface area contributed by atoms with Crippen LogP contribution in [0.2, 0.25) is 5.02 Å². The van der Waals surface area contributed by atoms with E-state index in [-0.39, 0.29) is 11.9 Å². The molecule has 0 fully saturated rings. The highest BCUT2D eigenvalue weighted by Crippen LogP contribution is 2.21. The lowest BCUT2D eigenvalue weighted by Gasteiger charge is -2.16. The molecule has 1 unspecified atom stereocenters. The molecule has 0 bridgehead atoms. The molecule has 2 nitrogen and oxygen atoms in total. The average molecular weight is 289 g/mol. The van der Waals surface area contributed by atoms with Gasteiger partial charge in [-0.1, -0.05) is 29.8 Å². The van der Waals surface area contributed by atoms with Gasteiger partial charge in [-0.3, -0.25) is 0 Å². The van der Waals surface area contributed by atoms with Gasteiger partial charge in [0.15, 0.2) is 0 Å². The Morgan fingerprint density at radius 2 is 2.05 bits per heavy atom. The summed E-state index contributed by atoms with van der Waals surface area (Å²) in [6, 6.07) is 14.0. The molecule has 0 saturated carbocycles. The molecule has 4 heteroatoms. The zero-order valence-corrected chi connectivity index (χ0v) is 11.8. The summed E-state index contributed by atoms with van der Waals surface area (Å²) in [7, 11) is 0. The summed E-state index contributed by atoms with van der Waals surface area (Å²) in [5, 5.41) is 12.5. The second kappa shape index (κ2) is 6.40. The monoisotopic (exact) mass is 288 g/mol. The van der Waals surface area contributed by atoms with Gasteiger partial charge >= 0.3 is 0 Å². The Morgan fingerprint density at radius 3 is 2.70 bits per heavy atom. The van der Waals surface area contributed by atoms with E-state index in [2.05, 4.69) is 5.32 Å². The Labute approximate surface area is 122 Å². The van der Waals surface area contributed by atoms with Gasteiger partial charge < -0.3 is 5.32 Å². The van der Waals surface area contributed by atoms with Crippen molar-refractivity contribution in [3.05, 3.63) is 64.4 Å². The fourth-order valence-corrected chi connectivity index (χ4v) is 2.25. The van der Waals surface area contributed by atoms with Crippen LogP contribution in [-0.4, -0.2) is 6.04 Å². The Hall–Kier alpha value is -2.05. The predicted molar refractivity (Wildman–Crippen MR) is 79.4 cm³/mol. The Bertz CT molecular complexity index is 649. The normalized spacial score (nSPS) is 11.7. The number of anilines is 1. The lowest BCUT2D eigenvalue weighted by atomic mass is 10.1. The number of halogens is 2. The summed E-state index contributed by atoms with van der Waals surface area (Å²) >= 11 is 5.98. The summed E-state index contributed by atoms with van der Waals surface area (Å²) in [6.07, 6.45) is 0.574. The minimum atomic E-state index is -0.195. The van der Waals surface area contributed by atoms with Crippen molar-refractivity contribution in [1.29, 1.82) is 5.26 Å². The van der Waals surface area contributed by atoms with E-state index in [9.17, 15) is 4.39 Å². The van der Waals surface area contributed by atoms with Gasteiger partial charge in [-0.2, -0.15) is 5.26 Å². The standard InChI is InChI=1S/C16H14ClFN2/c1-11(8-12-4-2-3-5-16(12)18)20-14-7-6-13(10-19)15(17)9-14/h2-7,9,11,20H,8H2,1H3. The molecule has 0 aliphatic carbocycles. The van der Waals surface area contributed by atoms with Crippen molar-refractivity contribution >= 4 is 17.3 Å². The van der Waals surface area contributed by atoms with Crippen LogP contribution in [0.25, 0.3) is 0 Å². The fraction of sp³-hybridized carbons (Fsp3) is 0.188. The summed E-state index contributed by atoms with van der Waals surface area (Å²) in [4.78, 5) is 0. The molecule has 0 spiro atoms. The third-order valence-corrected chi connectivity index (χ3v) is 3.30. The van der Waals surface area contributed by atoms with Crippen molar-refractivity contribution in [2.24, 2.45) is 0 Å². The van der Waals surface area contributed by atoms with Crippen LogP contribution >= 0.6 is 11.6 Å². The van der Waals surface area contributed by atoms with E-state index in [1.165, 1.54) is 6.07 Å². The Morgan fingerprint density at radius 1 is 1.30 bits per heavy atom. The van der Waals surface area contributed by atoms with Gasteiger partial charge in [0.1, 0.15) is 11.9 Å². The van der Waals surface area contributed by atoms with Gasteiger partial charge in [-0.25, -0.2) is 4.39 Å². The molecule has 0 saturated heterocycles. The second-order valence-electron chi connectivity index (χ2n) is 4.65. The summed E-state index contributed by atoms with van der Waals surface area (Å²) in [5.74, 6) is -0.195. The molecule has 0 aliphatic heterocycles. The number of benzene rings is 2. The third kappa shape index (κ3) is 3.49. The largest absolute Gasteiger partial charge is 0.382 e. The van der Waals surface area contributed by atoms with E-state index in [0.29, 0.717) is 22.6 Å². The highest BCUT2D eigenvalue weighted by molar-refractivity contribution is 6.32. The molecule has 2 rings (SSSR count). The Kier molecular flexibility index (Phi) is 4.60. The summed E-state index contributed by atoms with van der Waals surface area (Å²) in [6.45, 7) is 1.97. The van der Waals surface area contributed by atoms with E-state index in [1.54, 1.807) is 30.3 Å². The number of rotatable bonds is 4. The zero-order valence-electron chi connectivity index (χ0n) is 11.0. The van der Waals surface area contributed by atoms with Crippen molar-refractivity contribution in [2.75, 3.05) is 5.32 Å². The van der Waals surface area contributed by atoms with Gasteiger partial charge in [0.05, 0.1) is 10.6 Å². The van der Waals surface area contributed by atoms with Gasteiger partial charge in [0, 0.05) is 11.7 Å². The molecule has 102 valence electrons. The first-order chi connectivity index (χ1) is 9.60. The highest BCUT2D eigenvalue weighted by Gasteiger charge is 2.08. The first-order valence-electron chi connectivity index (χ1n) is 6.29. The molecular weight excluding hydrogens is 275 g/mol. The van der Waals surface area contributed by atoms with Gasteiger partial charge in [-0.05, 0) is 43.2 Å². The SMILES string of the molecule is CC(Cc1ccccc1F)Nc1ccc(C#N)c(Cl)c1. The molecule has 1 atom stereocenters. The van der Waals surface area contributed by atoms with Gasteiger partial charge in [-0.15, -0.1) is 0 Å².